The zero-order valence-corrected chi connectivity index (χ0v) is 9.08. The van der Waals surface area contributed by atoms with Crippen molar-refractivity contribution in [2.75, 3.05) is 7.05 Å². The molecule has 1 heterocycles. The Kier molecular flexibility index (Phi) is 2.50. The molecule has 0 saturated carbocycles. The van der Waals surface area contributed by atoms with Crippen molar-refractivity contribution in [2.24, 2.45) is 12.0 Å². The molecule has 0 aliphatic rings. The van der Waals surface area contributed by atoms with Gasteiger partial charge in [0.05, 0.1) is 5.69 Å². The van der Waals surface area contributed by atoms with Crippen LogP contribution >= 0.6 is 11.3 Å². The Morgan fingerprint density at radius 1 is 1.21 bits per heavy atom. The highest BCUT2D eigenvalue weighted by Gasteiger charge is 2.02. The first-order valence-corrected chi connectivity index (χ1v) is 5.33. The monoisotopic (exact) mass is 204 g/mol. The molecule has 0 amide bonds. The third-order valence-electron chi connectivity index (χ3n) is 2.19. The first-order valence-electron chi connectivity index (χ1n) is 4.45. The van der Waals surface area contributed by atoms with Crippen LogP contribution < -0.4 is 4.80 Å². The van der Waals surface area contributed by atoms with Crippen molar-refractivity contribution in [1.82, 2.24) is 4.57 Å². The van der Waals surface area contributed by atoms with Gasteiger partial charge in [-0.1, -0.05) is 30.3 Å². The summed E-state index contributed by atoms with van der Waals surface area (Å²) in [5, 5.41) is 2.14. The Labute approximate surface area is 87.2 Å². The number of nitrogens with zero attached hydrogens (tertiary/aromatic N) is 2. The van der Waals surface area contributed by atoms with Crippen LogP contribution in [0.5, 0.6) is 0 Å². The summed E-state index contributed by atoms with van der Waals surface area (Å²) in [5.41, 5.74) is 2.46. The lowest BCUT2D eigenvalue weighted by Crippen LogP contribution is -2.10. The average molecular weight is 204 g/mol. The van der Waals surface area contributed by atoms with Gasteiger partial charge < -0.3 is 4.57 Å². The van der Waals surface area contributed by atoms with Gasteiger partial charge in [0, 0.05) is 19.5 Å². The van der Waals surface area contributed by atoms with Gasteiger partial charge >= 0.3 is 0 Å². The molecule has 1 aromatic carbocycles. The van der Waals surface area contributed by atoms with Crippen molar-refractivity contribution in [1.29, 1.82) is 0 Å². The zero-order valence-electron chi connectivity index (χ0n) is 8.27. The Morgan fingerprint density at radius 3 is 2.50 bits per heavy atom. The lowest BCUT2D eigenvalue weighted by atomic mass is 10.2. The Balaban J connectivity index is 2.59. The van der Waals surface area contributed by atoms with Crippen molar-refractivity contribution in [2.45, 2.75) is 0 Å². The third-order valence-corrected chi connectivity index (χ3v) is 3.19. The highest BCUT2D eigenvalue weighted by molar-refractivity contribution is 7.07. The van der Waals surface area contributed by atoms with Gasteiger partial charge in [-0.2, -0.15) is 0 Å². The van der Waals surface area contributed by atoms with Crippen LogP contribution in [0.3, 0.4) is 0 Å². The molecule has 0 saturated heterocycles. The maximum absolute atomic E-state index is 4.20. The van der Waals surface area contributed by atoms with E-state index in [0.29, 0.717) is 0 Å². The molecule has 0 aliphatic heterocycles. The quantitative estimate of drug-likeness (QED) is 0.678. The molecule has 72 valence electrons. The van der Waals surface area contributed by atoms with Crippen LogP contribution in [-0.2, 0) is 7.05 Å². The van der Waals surface area contributed by atoms with Crippen LogP contribution in [0.15, 0.2) is 40.7 Å². The topological polar surface area (TPSA) is 17.3 Å². The van der Waals surface area contributed by atoms with Gasteiger partial charge in [-0.3, -0.25) is 4.99 Å². The van der Waals surface area contributed by atoms with Crippen molar-refractivity contribution < 1.29 is 0 Å². The molecule has 2 nitrogen and oxygen atoms in total. The summed E-state index contributed by atoms with van der Waals surface area (Å²) < 4.78 is 2.11. The number of aromatic nitrogens is 1. The van der Waals surface area contributed by atoms with Gasteiger partial charge in [0.25, 0.3) is 0 Å². The summed E-state index contributed by atoms with van der Waals surface area (Å²) in [6, 6.07) is 10.4. The molecule has 0 fully saturated rings. The van der Waals surface area contributed by atoms with E-state index in [4.69, 9.17) is 0 Å². The van der Waals surface area contributed by atoms with E-state index >= 15 is 0 Å². The smallest absolute Gasteiger partial charge is 0.184 e. The largest absolute Gasteiger partial charge is 0.320 e. The van der Waals surface area contributed by atoms with Crippen LogP contribution in [0.25, 0.3) is 11.3 Å². The molecule has 0 N–H and O–H groups in total. The molecule has 2 aromatic rings. The van der Waals surface area contributed by atoms with Crippen LogP contribution in [0, 0.1) is 0 Å². The second-order valence-electron chi connectivity index (χ2n) is 3.05. The Bertz CT molecular complexity index is 479. The number of thiazole rings is 1. The second kappa shape index (κ2) is 3.80. The number of benzene rings is 1. The van der Waals surface area contributed by atoms with E-state index in [2.05, 4.69) is 39.2 Å². The predicted molar refractivity (Wildman–Crippen MR) is 60.2 cm³/mol. The lowest BCUT2D eigenvalue weighted by Gasteiger charge is -2.01. The van der Waals surface area contributed by atoms with Gasteiger partial charge in [-0.05, 0) is 5.56 Å². The lowest BCUT2D eigenvalue weighted by molar-refractivity contribution is 0.876. The van der Waals surface area contributed by atoms with E-state index in [-0.39, 0.29) is 0 Å². The van der Waals surface area contributed by atoms with Gasteiger partial charge in [0.1, 0.15) is 0 Å². The fourth-order valence-electron chi connectivity index (χ4n) is 1.44. The van der Waals surface area contributed by atoms with Crippen LogP contribution in [0.2, 0.25) is 0 Å². The van der Waals surface area contributed by atoms with E-state index in [0.717, 1.165) is 4.80 Å². The van der Waals surface area contributed by atoms with Crippen molar-refractivity contribution >= 4 is 11.3 Å². The summed E-state index contributed by atoms with van der Waals surface area (Å²) in [6.07, 6.45) is 0. The van der Waals surface area contributed by atoms with E-state index in [1.165, 1.54) is 11.3 Å². The molecular formula is C11H12N2S. The molecule has 14 heavy (non-hydrogen) atoms. The van der Waals surface area contributed by atoms with Gasteiger partial charge in [-0.25, -0.2) is 0 Å². The van der Waals surface area contributed by atoms with Crippen molar-refractivity contribution in [3.8, 4) is 11.3 Å². The normalized spacial score (nSPS) is 12.0. The maximum Gasteiger partial charge on any atom is 0.184 e. The molecule has 0 bridgehead atoms. The minimum absolute atomic E-state index is 1.05. The molecule has 0 atom stereocenters. The molecule has 0 spiro atoms. The third kappa shape index (κ3) is 1.51. The van der Waals surface area contributed by atoms with Gasteiger partial charge in [0.2, 0.25) is 0 Å². The first-order chi connectivity index (χ1) is 6.83. The highest BCUT2D eigenvalue weighted by Crippen LogP contribution is 2.18. The van der Waals surface area contributed by atoms with Gasteiger partial charge in [-0.15, -0.1) is 11.3 Å². The van der Waals surface area contributed by atoms with Crippen LogP contribution in [0.4, 0.5) is 0 Å². The summed E-state index contributed by atoms with van der Waals surface area (Å²) in [7, 11) is 3.86. The summed E-state index contributed by atoms with van der Waals surface area (Å²) >= 11 is 1.67. The van der Waals surface area contributed by atoms with Crippen molar-refractivity contribution in [3.63, 3.8) is 0 Å². The number of hydrogen-bond donors (Lipinski definition) is 0. The standard InChI is InChI=1S/C11H12N2S/c1-12-11-13(2)10(8-14-11)9-6-4-3-5-7-9/h3-8H,1-2H3. The van der Waals surface area contributed by atoms with E-state index < -0.39 is 0 Å². The second-order valence-corrected chi connectivity index (χ2v) is 3.89. The minimum Gasteiger partial charge on any atom is -0.320 e. The zero-order chi connectivity index (χ0) is 9.97. The predicted octanol–water partition coefficient (Wildman–Crippen LogP) is 2.28. The van der Waals surface area contributed by atoms with E-state index in [9.17, 15) is 0 Å². The first kappa shape index (κ1) is 9.21. The maximum atomic E-state index is 4.20. The van der Waals surface area contributed by atoms with E-state index in [1.54, 1.807) is 11.3 Å². The SMILES string of the molecule is CN=c1scc(-c2ccccc2)n1C. The fraction of sp³-hybridized carbons (Fsp3) is 0.182. The van der Waals surface area contributed by atoms with Crippen LogP contribution in [0.1, 0.15) is 0 Å². The minimum atomic E-state index is 1.05. The molecule has 3 heteroatoms. The number of hydrogen-bond acceptors (Lipinski definition) is 2. The Hall–Kier alpha value is -1.35. The molecule has 1 aromatic heterocycles. The Morgan fingerprint density at radius 2 is 1.93 bits per heavy atom. The van der Waals surface area contributed by atoms with Crippen molar-refractivity contribution in [3.05, 3.63) is 40.5 Å². The molecule has 0 radical (unpaired) electrons. The molecular weight excluding hydrogens is 192 g/mol. The fourth-order valence-corrected chi connectivity index (χ4v) is 2.32. The highest BCUT2D eigenvalue weighted by atomic mass is 32.1. The molecule has 0 unspecified atom stereocenters. The van der Waals surface area contributed by atoms with Gasteiger partial charge in [0.15, 0.2) is 4.80 Å². The average Bonchev–Trinajstić information content (AvgIpc) is 2.61. The van der Waals surface area contributed by atoms with Crippen LogP contribution in [-0.4, -0.2) is 11.6 Å². The molecule has 2 rings (SSSR count). The number of rotatable bonds is 1. The summed E-state index contributed by atoms with van der Waals surface area (Å²) in [5.74, 6) is 0. The summed E-state index contributed by atoms with van der Waals surface area (Å²) in [4.78, 5) is 5.24. The summed E-state index contributed by atoms with van der Waals surface area (Å²) in [6.45, 7) is 0. The molecule has 0 aliphatic carbocycles. The van der Waals surface area contributed by atoms with E-state index in [1.807, 2.05) is 20.2 Å².